The average Bonchev–Trinajstić information content (AvgIpc) is 2.80. The highest BCUT2D eigenvalue weighted by Crippen LogP contribution is 2.22. The molecule has 0 aliphatic carbocycles. The van der Waals surface area contributed by atoms with E-state index in [-0.39, 0.29) is 5.91 Å². The number of nitrogens with one attached hydrogen (secondary N) is 1. The molecule has 1 amide bonds. The molecule has 6 heteroatoms. The maximum Gasteiger partial charge on any atom is 0.257 e. The number of benzene rings is 1. The summed E-state index contributed by atoms with van der Waals surface area (Å²) in [6, 6.07) is 3.62. The van der Waals surface area contributed by atoms with Gasteiger partial charge in [-0.3, -0.25) is 10.1 Å². The van der Waals surface area contributed by atoms with Crippen LogP contribution in [-0.2, 0) is 6.42 Å². The lowest BCUT2D eigenvalue weighted by atomic mass is 10.0. The van der Waals surface area contributed by atoms with Gasteiger partial charge in [-0.15, -0.1) is 10.2 Å². The number of carbonyl (C=O) groups excluding carboxylic acids is 1. The highest BCUT2D eigenvalue weighted by atomic mass is 32.1. The predicted molar refractivity (Wildman–Crippen MR) is 86.7 cm³/mol. The number of hydrogen-bond donors (Lipinski definition) is 2. The molecule has 0 atom stereocenters. The predicted octanol–water partition coefficient (Wildman–Crippen LogP) is 3.19. The van der Waals surface area contributed by atoms with Crippen LogP contribution < -0.4 is 11.1 Å². The van der Waals surface area contributed by atoms with Gasteiger partial charge in [0.1, 0.15) is 5.01 Å². The van der Waals surface area contributed by atoms with E-state index in [9.17, 15) is 4.79 Å². The third-order valence-corrected chi connectivity index (χ3v) is 3.99. The second-order valence-electron chi connectivity index (χ2n) is 5.58. The molecule has 0 aliphatic heterocycles. The fourth-order valence-corrected chi connectivity index (χ4v) is 2.96. The molecule has 0 spiro atoms. The van der Waals surface area contributed by atoms with Crippen molar-refractivity contribution in [3.8, 4) is 0 Å². The number of nitrogens with two attached hydrogens (primary N) is 1. The van der Waals surface area contributed by atoms with Gasteiger partial charge < -0.3 is 5.73 Å². The van der Waals surface area contributed by atoms with Gasteiger partial charge in [0.15, 0.2) is 0 Å². The van der Waals surface area contributed by atoms with Crippen molar-refractivity contribution in [3.63, 3.8) is 0 Å². The van der Waals surface area contributed by atoms with Crippen LogP contribution in [0.15, 0.2) is 12.1 Å². The van der Waals surface area contributed by atoms with Crippen LogP contribution in [0.4, 0.5) is 10.8 Å². The van der Waals surface area contributed by atoms with E-state index in [0.717, 1.165) is 22.6 Å². The minimum Gasteiger partial charge on any atom is -0.398 e. The van der Waals surface area contributed by atoms with Gasteiger partial charge in [0, 0.05) is 17.7 Å². The number of nitrogen functional groups attached to an aromatic ring is 1. The van der Waals surface area contributed by atoms with Crippen molar-refractivity contribution >= 4 is 28.1 Å². The normalized spacial score (nSPS) is 10.9. The molecule has 0 radical (unpaired) electrons. The van der Waals surface area contributed by atoms with Gasteiger partial charge >= 0.3 is 0 Å². The van der Waals surface area contributed by atoms with Crippen molar-refractivity contribution in [1.82, 2.24) is 10.2 Å². The summed E-state index contributed by atoms with van der Waals surface area (Å²) < 4.78 is 0. The Labute approximate surface area is 128 Å². The first kappa shape index (κ1) is 15.4. The van der Waals surface area contributed by atoms with Crippen molar-refractivity contribution in [2.75, 3.05) is 11.1 Å². The molecule has 21 heavy (non-hydrogen) atoms. The zero-order valence-electron chi connectivity index (χ0n) is 12.7. The molecular formula is C15H20N4OS. The average molecular weight is 304 g/mol. The lowest BCUT2D eigenvalue weighted by molar-refractivity contribution is 0.102. The lowest BCUT2D eigenvalue weighted by Gasteiger charge is -2.08. The number of carbonyl (C=O) groups is 1. The molecule has 3 N–H and O–H groups in total. The first-order valence-electron chi connectivity index (χ1n) is 6.87. The van der Waals surface area contributed by atoms with Crippen LogP contribution >= 0.6 is 11.3 Å². The Morgan fingerprint density at radius 1 is 1.29 bits per heavy atom. The quantitative estimate of drug-likeness (QED) is 0.850. The standard InChI is InChI=1S/C15H20N4OS/c1-8(2)5-13-18-19-15(21-13)17-14(20)11-7-12(16)10(4)6-9(11)3/h6-8H,5,16H2,1-4H3,(H,17,19,20). The van der Waals surface area contributed by atoms with Crippen LogP contribution in [0.5, 0.6) is 0 Å². The first-order chi connectivity index (χ1) is 9.86. The number of anilines is 2. The summed E-state index contributed by atoms with van der Waals surface area (Å²) in [6.45, 7) is 8.06. The van der Waals surface area contributed by atoms with Gasteiger partial charge in [-0.05, 0) is 37.0 Å². The maximum absolute atomic E-state index is 12.3. The molecule has 1 aromatic carbocycles. The number of amides is 1. The summed E-state index contributed by atoms with van der Waals surface area (Å²) >= 11 is 1.41. The number of rotatable bonds is 4. The summed E-state index contributed by atoms with van der Waals surface area (Å²) in [6.07, 6.45) is 0.865. The van der Waals surface area contributed by atoms with E-state index in [4.69, 9.17) is 5.73 Å². The Morgan fingerprint density at radius 2 is 2.00 bits per heavy atom. The van der Waals surface area contributed by atoms with Crippen LogP contribution in [-0.4, -0.2) is 16.1 Å². The molecule has 1 aromatic heterocycles. The molecule has 2 rings (SSSR count). The van der Waals surface area contributed by atoms with Crippen LogP contribution in [0.25, 0.3) is 0 Å². The maximum atomic E-state index is 12.3. The number of aryl methyl sites for hydroxylation is 2. The Balaban J connectivity index is 2.14. The Morgan fingerprint density at radius 3 is 2.67 bits per heavy atom. The molecule has 0 saturated carbocycles. The molecule has 0 bridgehead atoms. The monoisotopic (exact) mass is 304 g/mol. The van der Waals surface area contributed by atoms with E-state index in [1.165, 1.54) is 11.3 Å². The van der Waals surface area contributed by atoms with E-state index in [0.29, 0.717) is 22.3 Å². The Bertz CT molecular complexity index is 664. The van der Waals surface area contributed by atoms with E-state index >= 15 is 0 Å². The molecule has 0 unspecified atom stereocenters. The van der Waals surface area contributed by atoms with E-state index < -0.39 is 0 Å². The highest BCUT2D eigenvalue weighted by molar-refractivity contribution is 7.15. The zero-order chi connectivity index (χ0) is 15.6. The molecule has 5 nitrogen and oxygen atoms in total. The summed E-state index contributed by atoms with van der Waals surface area (Å²) in [7, 11) is 0. The van der Waals surface area contributed by atoms with Crippen molar-refractivity contribution in [2.45, 2.75) is 34.1 Å². The SMILES string of the molecule is Cc1cc(C)c(C(=O)Nc2nnc(CC(C)C)s2)cc1N. The van der Waals surface area contributed by atoms with E-state index in [1.54, 1.807) is 6.07 Å². The summed E-state index contributed by atoms with van der Waals surface area (Å²) in [4.78, 5) is 12.3. The topological polar surface area (TPSA) is 80.9 Å². The van der Waals surface area contributed by atoms with Gasteiger partial charge in [0.2, 0.25) is 5.13 Å². The molecule has 0 aliphatic rings. The third-order valence-electron chi connectivity index (χ3n) is 3.13. The third kappa shape index (κ3) is 3.78. The summed E-state index contributed by atoms with van der Waals surface area (Å²) in [5, 5.41) is 12.3. The number of nitrogens with zero attached hydrogens (tertiary/aromatic N) is 2. The molecule has 112 valence electrons. The number of hydrogen-bond acceptors (Lipinski definition) is 5. The second-order valence-corrected chi connectivity index (χ2v) is 6.64. The zero-order valence-corrected chi connectivity index (χ0v) is 13.5. The molecule has 1 heterocycles. The van der Waals surface area contributed by atoms with Crippen LogP contribution in [0, 0.1) is 19.8 Å². The van der Waals surface area contributed by atoms with E-state index in [1.807, 2.05) is 19.9 Å². The molecule has 2 aromatic rings. The van der Waals surface area contributed by atoms with Crippen LogP contribution in [0.3, 0.4) is 0 Å². The van der Waals surface area contributed by atoms with Gasteiger partial charge in [-0.25, -0.2) is 0 Å². The highest BCUT2D eigenvalue weighted by Gasteiger charge is 2.14. The fourth-order valence-electron chi connectivity index (χ4n) is 2.01. The van der Waals surface area contributed by atoms with Crippen molar-refractivity contribution in [1.29, 1.82) is 0 Å². The van der Waals surface area contributed by atoms with Crippen LogP contribution in [0.1, 0.15) is 40.3 Å². The van der Waals surface area contributed by atoms with Gasteiger partial charge in [-0.2, -0.15) is 0 Å². The molecule has 0 fully saturated rings. The molecular weight excluding hydrogens is 284 g/mol. The minimum absolute atomic E-state index is 0.202. The smallest absolute Gasteiger partial charge is 0.257 e. The van der Waals surface area contributed by atoms with Gasteiger partial charge in [0.05, 0.1) is 0 Å². The van der Waals surface area contributed by atoms with Crippen molar-refractivity contribution in [3.05, 3.63) is 33.8 Å². The summed E-state index contributed by atoms with van der Waals surface area (Å²) in [5.41, 5.74) is 8.92. The molecule has 0 saturated heterocycles. The number of aromatic nitrogens is 2. The van der Waals surface area contributed by atoms with E-state index in [2.05, 4.69) is 29.4 Å². The minimum atomic E-state index is -0.202. The van der Waals surface area contributed by atoms with Gasteiger partial charge in [-0.1, -0.05) is 31.3 Å². The largest absolute Gasteiger partial charge is 0.398 e. The second kappa shape index (κ2) is 6.22. The summed E-state index contributed by atoms with van der Waals surface area (Å²) in [5.74, 6) is 0.312. The van der Waals surface area contributed by atoms with Gasteiger partial charge in [0.25, 0.3) is 5.91 Å². The van der Waals surface area contributed by atoms with Crippen molar-refractivity contribution in [2.24, 2.45) is 5.92 Å². The Kier molecular flexibility index (Phi) is 4.57. The fraction of sp³-hybridized carbons (Fsp3) is 0.400. The van der Waals surface area contributed by atoms with Crippen LogP contribution in [0.2, 0.25) is 0 Å². The first-order valence-corrected chi connectivity index (χ1v) is 7.69. The lowest BCUT2D eigenvalue weighted by Crippen LogP contribution is -2.14. The van der Waals surface area contributed by atoms with Crippen molar-refractivity contribution < 1.29 is 4.79 Å². The Hall–Kier alpha value is -1.95.